The first-order valence-corrected chi connectivity index (χ1v) is 4.01. The molecule has 0 saturated heterocycles. The second-order valence-electron chi connectivity index (χ2n) is 2.20. The van der Waals surface area contributed by atoms with Crippen molar-refractivity contribution in [2.24, 2.45) is 0 Å². The van der Waals surface area contributed by atoms with Crippen molar-refractivity contribution in [1.29, 1.82) is 0 Å². The maximum atomic E-state index is 12.3. The van der Waals surface area contributed by atoms with Crippen LogP contribution in [0.5, 0.6) is 5.75 Å². The minimum Gasteiger partial charge on any atom is -0.495 e. The van der Waals surface area contributed by atoms with E-state index in [2.05, 4.69) is 25.7 Å². The Morgan fingerprint density at radius 1 is 1.38 bits per heavy atom. The summed E-state index contributed by atoms with van der Waals surface area (Å²) in [6.07, 6.45) is -2.47. The minimum atomic E-state index is -4.44. The normalized spacial score (nSPS) is 11.5. The van der Waals surface area contributed by atoms with Crippen LogP contribution in [-0.4, -0.2) is 12.1 Å². The standard InChI is InChI=1S/C7H5BrF3NO/c1-13-6-4(7(9,10)11)2-12-3-5(6)8/h2-3H,1H3. The van der Waals surface area contributed by atoms with Crippen molar-refractivity contribution in [3.63, 3.8) is 0 Å². The summed E-state index contributed by atoms with van der Waals surface area (Å²) in [7, 11) is 1.18. The zero-order valence-corrected chi connectivity index (χ0v) is 8.11. The number of methoxy groups -OCH3 is 1. The Kier molecular flexibility index (Phi) is 2.80. The number of hydrogen-bond donors (Lipinski definition) is 0. The quantitative estimate of drug-likeness (QED) is 0.770. The third kappa shape index (κ3) is 2.12. The Hall–Kier alpha value is -0.780. The number of hydrogen-bond acceptors (Lipinski definition) is 2. The molecule has 0 aromatic carbocycles. The molecule has 2 nitrogen and oxygen atoms in total. The van der Waals surface area contributed by atoms with Crippen LogP contribution in [0.25, 0.3) is 0 Å². The second kappa shape index (κ2) is 3.53. The molecule has 0 spiro atoms. The van der Waals surface area contributed by atoms with E-state index < -0.39 is 11.7 Å². The number of nitrogens with zero attached hydrogens (tertiary/aromatic N) is 1. The van der Waals surface area contributed by atoms with Crippen molar-refractivity contribution in [2.45, 2.75) is 6.18 Å². The van der Waals surface area contributed by atoms with Gasteiger partial charge in [-0.15, -0.1) is 0 Å². The third-order valence-electron chi connectivity index (χ3n) is 1.36. The van der Waals surface area contributed by atoms with Crippen LogP contribution < -0.4 is 4.74 Å². The molecule has 0 amide bonds. The van der Waals surface area contributed by atoms with Crippen molar-refractivity contribution >= 4 is 15.9 Å². The van der Waals surface area contributed by atoms with Crippen LogP contribution in [0.1, 0.15) is 5.56 Å². The maximum Gasteiger partial charge on any atom is 0.421 e. The highest BCUT2D eigenvalue weighted by Crippen LogP contribution is 2.39. The number of pyridine rings is 1. The van der Waals surface area contributed by atoms with Gasteiger partial charge >= 0.3 is 6.18 Å². The Bertz CT molecular complexity index is 313. The van der Waals surface area contributed by atoms with Crippen molar-refractivity contribution in [1.82, 2.24) is 4.98 Å². The van der Waals surface area contributed by atoms with Crippen LogP contribution in [0, 0.1) is 0 Å². The first-order chi connectivity index (χ1) is 5.96. The van der Waals surface area contributed by atoms with Gasteiger partial charge in [-0.3, -0.25) is 4.98 Å². The smallest absolute Gasteiger partial charge is 0.421 e. The molecular weight excluding hydrogens is 251 g/mol. The Morgan fingerprint density at radius 2 is 2.00 bits per heavy atom. The molecule has 0 aliphatic heterocycles. The molecule has 0 N–H and O–H groups in total. The van der Waals surface area contributed by atoms with Gasteiger partial charge in [0.2, 0.25) is 0 Å². The first kappa shape index (κ1) is 10.3. The highest BCUT2D eigenvalue weighted by atomic mass is 79.9. The number of ether oxygens (including phenoxy) is 1. The molecule has 0 atom stereocenters. The van der Waals surface area contributed by atoms with Crippen LogP contribution in [0.15, 0.2) is 16.9 Å². The fourth-order valence-corrected chi connectivity index (χ4v) is 1.33. The predicted molar refractivity (Wildman–Crippen MR) is 43.5 cm³/mol. The molecule has 1 aromatic rings. The summed E-state index contributed by atoms with van der Waals surface area (Å²) in [5.41, 5.74) is -0.885. The summed E-state index contributed by atoms with van der Waals surface area (Å²) >= 11 is 2.91. The summed E-state index contributed by atoms with van der Waals surface area (Å²) in [6, 6.07) is 0. The third-order valence-corrected chi connectivity index (χ3v) is 1.93. The SMILES string of the molecule is COc1c(Br)cncc1C(F)(F)F. The Morgan fingerprint density at radius 3 is 2.38 bits per heavy atom. The molecule has 1 rings (SSSR count). The van der Waals surface area contributed by atoms with Gasteiger partial charge in [-0.2, -0.15) is 13.2 Å². The van der Waals surface area contributed by atoms with E-state index in [9.17, 15) is 13.2 Å². The predicted octanol–water partition coefficient (Wildman–Crippen LogP) is 2.87. The van der Waals surface area contributed by atoms with Gasteiger partial charge in [-0.25, -0.2) is 0 Å². The van der Waals surface area contributed by atoms with Gasteiger partial charge in [-0.1, -0.05) is 0 Å². The zero-order chi connectivity index (χ0) is 10.1. The van der Waals surface area contributed by atoms with Gasteiger partial charge in [0.25, 0.3) is 0 Å². The average molecular weight is 256 g/mol. The van der Waals surface area contributed by atoms with E-state index in [0.717, 1.165) is 6.20 Å². The number of halogens is 4. The van der Waals surface area contributed by atoms with Crippen molar-refractivity contribution in [2.75, 3.05) is 7.11 Å². The maximum absolute atomic E-state index is 12.3. The molecule has 0 unspecified atom stereocenters. The average Bonchev–Trinajstić information content (AvgIpc) is 2.02. The zero-order valence-electron chi connectivity index (χ0n) is 6.52. The summed E-state index contributed by atoms with van der Waals surface area (Å²) < 4.78 is 41.6. The van der Waals surface area contributed by atoms with E-state index in [1.807, 2.05) is 0 Å². The van der Waals surface area contributed by atoms with Gasteiger partial charge in [0.05, 0.1) is 11.6 Å². The van der Waals surface area contributed by atoms with Crippen molar-refractivity contribution in [3.8, 4) is 5.75 Å². The molecule has 0 bridgehead atoms. The molecule has 6 heteroatoms. The second-order valence-corrected chi connectivity index (χ2v) is 3.05. The van der Waals surface area contributed by atoms with Gasteiger partial charge in [0, 0.05) is 12.4 Å². The topological polar surface area (TPSA) is 22.1 Å². The van der Waals surface area contributed by atoms with E-state index in [0.29, 0.717) is 0 Å². The fourth-order valence-electron chi connectivity index (χ4n) is 0.833. The highest BCUT2D eigenvalue weighted by molar-refractivity contribution is 9.10. The molecule has 0 aliphatic rings. The molecule has 0 radical (unpaired) electrons. The Labute approximate surface area is 80.9 Å². The fraction of sp³-hybridized carbons (Fsp3) is 0.286. The first-order valence-electron chi connectivity index (χ1n) is 3.21. The lowest BCUT2D eigenvalue weighted by atomic mass is 10.2. The number of alkyl halides is 3. The minimum absolute atomic E-state index is 0.185. The van der Waals surface area contributed by atoms with Crippen LogP contribution in [0.3, 0.4) is 0 Å². The van der Waals surface area contributed by atoms with Crippen LogP contribution >= 0.6 is 15.9 Å². The molecule has 1 aromatic heterocycles. The summed E-state index contributed by atoms with van der Waals surface area (Å²) in [5, 5.41) is 0. The monoisotopic (exact) mass is 255 g/mol. The lowest BCUT2D eigenvalue weighted by Crippen LogP contribution is -2.08. The van der Waals surface area contributed by atoms with Gasteiger partial charge in [-0.05, 0) is 15.9 Å². The van der Waals surface area contributed by atoms with Gasteiger partial charge < -0.3 is 4.74 Å². The number of aromatic nitrogens is 1. The van der Waals surface area contributed by atoms with Crippen LogP contribution in [0.2, 0.25) is 0 Å². The lowest BCUT2D eigenvalue weighted by molar-refractivity contribution is -0.139. The highest BCUT2D eigenvalue weighted by Gasteiger charge is 2.35. The molecule has 13 heavy (non-hydrogen) atoms. The van der Waals surface area contributed by atoms with E-state index in [4.69, 9.17) is 0 Å². The van der Waals surface area contributed by atoms with E-state index in [1.54, 1.807) is 0 Å². The molecule has 1 heterocycles. The largest absolute Gasteiger partial charge is 0.495 e. The van der Waals surface area contributed by atoms with E-state index in [1.165, 1.54) is 13.3 Å². The number of rotatable bonds is 1. The van der Waals surface area contributed by atoms with Crippen LogP contribution in [-0.2, 0) is 6.18 Å². The Balaban J connectivity index is 3.29. The van der Waals surface area contributed by atoms with Gasteiger partial charge in [0.15, 0.2) is 0 Å². The van der Waals surface area contributed by atoms with E-state index >= 15 is 0 Å². The molecule has 0 aliphatic carbocycles. The summed E-state index contributed by atoms with van der Waals surface area (Å²) in [6.45, 7) is 0. The molecule has 72 valence electrons. The van der Waals surface area contributed by atoms with Crippen LogP contribution in [0.4, 0.5) is 13.2 Å². The summed E-state index contributed by atoms with van der Waals surface area (Å²) in [5.74, 6) is -0.248. The lowest BCUT2D eigenvalue weighted by Gasteiger charge is -2.11. The molecule has 0 saturated carbocycles. The van der Waals surface area contributed by atoms with Crippen molar-refractivity contribution in [3.05, 3.63) is 22.4 Å². The molecular formula is C7H5BrF3NO. The van der Waals surface area contributed by atoms with Crippen molar-refractivity contribution < 1.29 is 17.9 Å². The van der Waals surface area contributed by atoms with E-state index in [-0.39, 0.29) is 10.2 Å². The van der Waals surface area contributed by atoms with Gasteiger partial charge in [0.1, 0.15) is 11.3 Å². The molecule has 0 fully saturated rings. The summed E-state index contributed by atoms with van der Waals surface area (Å²) in [4.78, 5) is 3.41.